The van der Waals surface area contributed by atoms with Gasteiger partial charge in [0.05, 0.1) is 6.04 Å². The minimum absolute atomic E-state index is 0.0924. The number of ketones is 1. The van der Waals surface area contributed by atoms with Gasteiger partial charge in [0.25, 0.3) is 5.91 Å². The summed E-state index contributed by atoms with van der Waals surface area (Å²) in [6.07, 6.45) is 3.24. The standard InChI is InChI=1S/C15H29NO3/c1-7-8-9-10-15(6,19)13(18)16-12(11(2)17)14(3,4)5/h12,19H,7-10H2,1-6H3,(H,16,18). The molecule has 0 heterocycles. The zero-order valence-electron chi connectivity index (χ0n) is 13.2. The highest BCUT2D eigenvalue weighted by Crippen LogP contribution is 2.22. The average molecular weight is 271 g/mol. The predicted molar refractivity (Wildman–Crippen MR) is 76.8 cm³/mol. The number of nitrogens with one attached hydrogen (secondary N) is 1. The second-order valence-electron chi connectivity index (χ2n) is 6.61. The first-order valence-corrected chi connectivity index (χ1v) is 7.06. The average Bonchev–Trinajstić information content (AvgIpc) is 2.23. The Morgan fingerprint density at radius 2 is 1.68 bits per heavy atom. The summed E-state index contributed by atoms with van der Waals surface area (Å²) in [5.74, 6) is -0.552. The molecule has 0 aliphatic rings. The quantitative estimate of drug-likeness (QED) is 0.699. The van der Waals surface area contributed by atoms with Crippen molar-refractivity contribution in [1.29, 1.82) is 0 Å². The maximum Gasteiger partial charge on any atom is 0.252 e. The molecular formula is C15H29NO3. The highest BCUT2D eigenvalue weighted by atomic mass is 16.3. The van der Waals surface area contributed by atoms with E-state index in [9.17, 15) is 14.7 Å². The summed E-state index contributed by atoms with van der Waals surface area (Å²) in [4.78, 5) is 23.7. The highest BCUT2D eigenvalue weighted by molar-refractivity contribution is 5.91. The molecule has 0 saturated heterocycles. The second kappa shape index (κ2) is 7.04. The first kappa shape index (κ1) is 18.1. The fourth-order valence-corrected chi connectivity index (χ4v) is 2.05. The fourth-order valence-electron chi connectivity index (χ4n) is 2.05. The van der Waals surface area contributed by atoms with Gasteiger partial charge in [-0.1, -0.05) is 47.0 Å². The first-order valence-electron chi connectivity index (χ1n) is 7.06. The normalized spacial score (nSPS) is 16.6. The largest absolute Gasteiger partial charge is 0.380 e. The summed E-state index contributed by atoms with van der Waals surface area (Å²) in [5.41, 5.74) is -1.77. The Kier molecular flexibility index (Phi) is 6.70. The molecule has 0 saturated carbocycles. The molecule has 4 nitrogen and oxygen atoms in total. The second-order valence-corrected chi connectivity index (χ2v) is 6.61. The van der Waals surface area contributed by atoms with Crippen molar-refractivity contribution in [2.24, 2.45) is 5.41 Å². The summed E-state index contributed by atoms with van der Waals surface area (Å²) in [6.45, 7) is 10.7. The molecular weight excluding hydrogens is 242 g/mol. The van der Waals surface area contributed by atoms with Crippen LogP contribution in [-0.4, -0.2) is 28.4 Å². The number of unbranched alkanes of at least 4 members (excludes halogenated alkanes) is 2. The van der Waals surface area contributed by atoms with Crippen LogP contribution in [0.5, 0.6) is 0 Å². The predicted octanol–water partition coefficient (Wildman–Crippen LogP) is 2.44. The lowest BCUT2D eigenvalue weighted by Crippen LogP contribution is -2.54. The van der Waals surface area contributed by atoms with Crippen molar-refractivity contribution >= 4 is 11.7 Å². The van der Waals surface area contributed by atoms with Gasteiger partial charge in [0.1, 0.15) is 5.60 Å². The van der Waals surface area contributed by atoms with Crippen molar-refractivity contribution in [3.05, 3.63) is 0 Å². The summed E-state index contributed by atoms with van der Waals surface area (Å²) >= 11 is 0. The van der Waals surface area contributed by atoms with Gasteiger partial charge in [-0.2, -0.15) is 0 Å². The lowest BCUT2D eigenvalue weighted by Gasteiger charge is -2.32. The summed E-state index contributed by atoms with van der Waals surface area (Å²) < 4.78 is 0. The van der Waals surface area contributed by atoms with Crippen LogP contribution in [0.3, 0.4) is 0 Å². The van der Waals surface area contributed by atoms with E-state index in [1.807, 2.05) is 20.8 Å². The van der Waals surface area contributed by atoms with Crippen LogP contribution >= 0.6 is 0 Å². The molecule has 112 valence electrons. The van der Waals surface area contributed by atoms with Crippen molar-refractivity contribution in [2.75, 3.05) is 0 Å². The molecule has 0 aliphatic heterocycles. The lowest BCUT2D eigenvalue weighted by molar-refractivity contribution is -0.142. The minimum Gasteiger partial charge on any atom is -0.380 e. The molecule has 2 unspecified atom stereocenters. The molecule has 0 rings (SSSR count). The van der Waals surface area contributed by atoms with Crippen LogP contribution in [0, 0.1) is 5.41 Å². The zero-order chi connectivity index (χ0) is 15.3. The van der Waals surface area contributed by atoms with Crippen molar-refractivity contribution in [2.45, 2.75) is 78.9 Å². The third kappa shape index (κ3) is 6.19. The SMILES string of the molecule is CCCCCC(C)(O)C(=O)NC(C(C)=O)C(C)(C)C. The fraction of sp³-hybridized carbons (Fsp3) is 0.867. The van der Waals surface area contributed by atoms with Gasteiger partial charge >= 0.3 is 0 Å². The van der Waals surface area contributed by atoms with E-state index in [-0.39, 0.29) is 11.2 Å². The van der Waals surface area contributed by atoms with Gasteiger partial charge < -0.3 is 10.4 Å². The summed E-state index contributed by atoms with van der Waals surface area (Å²) in [6, 6.07) is -0.572. The number of amides is 1. The molecule has 0 aromatic carbocycles. The van der Waals surface area contributed by atoms with E-state index in [0.29, 0.717) is 6.42 Å². The number of carbonyl (C=O) groups excluding carboxylic acids is 2. The van der Waals surface area contributed by atoms with Gasteiger partial charge in [0, 0.05) is 0 Å². The number of hydrogen-bond donors (Lipinski definition) is 2. The Bertz CT molecular complexity index is 316. The Labute approximate surface area is 117 Å². The maximum atomic E-state index is 12.1. The molecule has 0 fully saturated rings. The number of aliphatic hydroxyl groups is 1. The number of hydrogen-bond acceptors (Lipinski definition) is 3. The van der Waals surface area contributed by atoms with E-state index in [0.717, 1.165) is 19.3 Å². The molecule has 0 aromatic rings. The molecule has 1 amide bonds. The first-order chi connectivity index (χ1) is 8.52. The van der Waals surface area contributed by atoms with Crippen LogP contribution in [0.2, 0.25) is 0 Å². The zero-order valence-corrected chi connectivity index (χ0v) is 13.2. The number of carbonyl (C=O) groups is 2. The molecule has 0 bridgehead atoms. The Morgan fingerprint density at radius 1 is 1.16 bits per heavy atom. The van der Waals surface area contributed by atoms with Crippen molar-refractivity contribution < 1.29 is 14.7 Å². The Morgan fingerprint density at radius 3 is 2.05 bits per heavy atom. The van der Waals surface area contributed by atoms with Crippen molar-refractivity contribution in [1.82, 2.24) is 5.32 Å². The monoisotopic (exact) mass is 271 g/mol. The highest BCUT2D eigenvalue weighted by Gasteiger charge is 2.36. The Balaban J connectivity index is 4.68. The smallest absolute Gasteiger partial charge is 0.252 e. The van der Waals surface area contributed by atoms with Crippen LogP contribution in [0.4, 0.5) is 0 Å². The molecule has 19 heavy (non-hydrogen) atoms. The van der Waals surface area contributed by atoms with Crippen LogP contribution in [-0.2, 0) is 9.59 Å². The number of Topliss-reactive ketones (excluding diaryl/α,β-unsaturated/α-hetero) is 1. The van der Waals surface area contributed by atoms with Crippen LogP contribution in [0.1, 0.15) is 67.2 Å². The Hall–Kier alpha value is -0.900. The van der Waals surface area contributed by atoms with E-state index in [1.165, 1.54) is 13.8 Å². The van der Waals surface area contributed by atoms with E-state index in [1.54, 1.807) is 0 Å². The molecule has 2 N–H and O–H groups in total. The van der Waals surface area contributed by atoms with E-state index in [2.05, 4.69) is 12.2 Å². The van der Waals surface area contributed by atoms with Crippen LogP contribution < -0.4 is 5.32 Å². The van der Waals surface area contributed by atoms with Gasteiger partial charge in [-0.15, -0.1) is 0 Å². The molecule has 0 aromatic heterocycles. The lowest BCUT2D eigenvalue weighted by atomic mass is 9.84. The van der Waals surface area contributed by atoms with E-state index < -0.39 is 17.6 Å². The van der Waals surface area contributed by atoms with E-state index >= 15 is 0 Å². The van der Waals surface area contributed by atoms with Gasteiger partial charge in [0.15, 0.2) is 5.78 Å². The van der Waals surface area contributed by atoms with Crippen molar-refractivity contribution in [3.63, 3.8) is 0 Å². The summed E-state index contributed by atoms with van der Waals surface area (Å²) in [5, 5.41) is 12.9. The topological polar surface area (TPSA) is 66.4 Å². The van der Waals surface area contributed by atoms with Gasteiger partial charge in [-0.05, 0) is 25.7 Å². The van der Waals surface area contributed by atoms with E-state index in [4.69, 9.17) is 0 Å². The third-order valence-electron chi connectivity index (χ3n) is 3.30. The third-order valence-corrected chi connectivity index (χ3v) is 3.30. The maximum absolute atomic E-state index is 12.1. The van der Waals surface area contributed by atoms with Gasteiger partial charge in [0.2, 0.25) is 0 Å². The van der Waals surface area contributed by atoms with Crippen molar-refractivity contribution in [3.8, 4) is 0 Å². The van der Waals surface area contributed by atoms with Gasteiger partial charge in [-0.3, -0.25) is 9.59 Å². The molecule has 0 aliphatic carbocycles. The molecule has 0 radical (unpaired) electrons. The minimum atomic E-state index is -1.41. The molecule has 0 spiro atoms. The molecule has 4 heteroatoms. The van der Waals surface area contributed by atoms with Gasteiger partial charge in [-0.25, -0.2) is 0 Å². The number of rotatable bonds is 7. The van der Waals surface area contributed by atoms with Crippen LogP contribution in [0.15, 0.2) is 0 Å². The summed E-state index contributed by atoms with van der Waals surface area (Å²) in [7, 11) is 0. The van der Waals surface area contributed by atoms with Crippen LogP contribution in [0.25, 0.3) is 0 Å². The molecule has 2 atom stereocenters.